The number of hydrogen-bond donors (Lipinski definition) is 1. The molecule has 2 aromatic carbocycles. The lowest BCUT2D eigenvalue weighted by molar-refractivity contribution is -0.123. The van der Waals surface area contributed by atoms with Crippen molar-refractivity contribution in [1.82, 2.24) is 4.90 Å². The standard InChI is InChI=1S/C19H14ClIN2O4S/c20-14-7-12(3-6-15(14)27-10-17(22)24)8-16-18(25)23(19(26)28-16)9-11-1-4-13(21)5-2-11/h1-8H,9-10H2,(H2,22,24)/b16-8-. The number of rotatable bonds is 6. The fraction of sp³-hybridized carbons (Fsp3) is 0.105. The summed E-state index contributed by atoms with van der Waals surface area (Å²) in [5.74, 6) is -0.648. The highest BCUT2D eigenvalue weighted by Gasteiger charge is 2.34. The zero-order valence-electron chi connectivity index (χ0n) is 14.4. The van der Waals surface area contributed by atoms with Crippen LogP contribution in [-0.4, -0.2) is 28.6 Å². The van der Waals surface area contributed by atoms with Crippen molar-refractivity contribution in [2.24, 2.45) is 5.73 Å². The van der Waals surface area contributed by atoms with Gasteiger partial charge in [-0.3, -0.25) is 19.3 Å². The van der Waals surface area contributed by atoms with Gasteiger partial charge >= 0.3 is 0 Å². The minimum Gasteiger partial charge on any atom is -0.482 e. The summed E-state index contributed by atoms with van der Waals surface area (Å²) < 4.78 is 6.27. The summed E-state index contributed by atoms with van der Waals surface area (Å²) in [7, 11) is 0. The Hall–Kier alpha value is -2.04. The molecule has 0 spiro atoms. The maximum Gasteiger partial charge on any atom is 0.293 e. The van der Waals surface area contributed by atoms with Crippen LogP contribution in [-0.2, 0) is 16.1 Å². The first-order valence-electron chi connectivity index (χ1n) is 8.04. The minimum atomic E-state index is -0.609. The average molecular weight is 529 g/mol. The van der Waals surface area contributed by atoms with E-state index in [0.717, 1.165) is 20.9 Å². The third kappa shape index (κ3) is 5.06. The van der Waals surface area contributed by atoms with Crippen LogP contribution in [0.25, 0.3) is 6.08 Å². The Bertz CT molecular complexity index is 978. The number of halogens is 2. The van der Waals surface area contributed by atoms with Crippen molar-refractivity contribution in [3.8, 4) is 5.75 Å². The summed E-state index contributed by atoms with van der Waals surface area (Å²) in [6.45, 7) is -0.0595. The lowest BCUT2D eigenvalue weighted by atomic mass is 10.2. The van der Waals surface area contributed by atoms with Crippen LogP contribution in [0.1, 0.15) is 11.1 Å². The van der Waals surface area contributed by atoms with Crippen molar-refractivity contribution < 1.29 is 19.1 Å². The highest BCUT2D eigenvalue weighted by molar-refractivity contribution is 14.1. The van der Waals surface area contributed by atoms with E-state index in [0.29, 0.717) is 16.2 Å². The Labute approximate surface area is 184 Å². The molecule has 1 aliphatic heterocycles. The zero-order valence-corrected chi connectivity index (χ0v) is 18.1. The second-order valence-electron chi connectivity index (χ2n) is 5.84. The average Bonchev–Trinajstić information content (AvgIpc) is 2.90. The van der Waals surface area contributed by atoms with Crippen LogP contribution >= 0.6 is 46.0 Å². The van der Waals surface area contributed by atoms with Crippen LogP contribution in [0.15, 0.2) is 47.4 Å². The van der Waals surface area contributed by atoms with Gasteiger partial charge in [0.1, 0.15) is 5.75 Å². The number of benzene rings is 2. The number of imide groups is 1. The first-order valence-corrected chi connectivity index (χ1v) is 10.3. The minimum absolute atomic E-state index is 0.222. The van der Waals surface area contributed by atoms with E-state index in [-0.39, 0.29) is 29.3 Å². The van der Waals surface area contributed by atoms with E-state index in [1.807, 2.05) is 24.3 Å². The van der Waals surface area contributed by atoms with Gasteiger partial charge in [-0.15, -0.1) is 0 Å². The number of ether oxygens (including phenoxy) is 1. The van der Waals surface area contributed by atoms with Gasteiger partial charge in [0.25, 0.3) is 17.1 Å². The number of nitrogens with two attached hydrogens (primary N) is 1. The number of carbonyl (C=O) groups excluding carboxylic acids is 3. The summed E-state index contributed by atoms with van der Waals surface area (Å²) in [6.07, 6.45) is 1.60. The van der Waals surface area contributed by atoms with Crippen molar-refractivity contribution in [3.05, 3.63) is 67.1 Å². The number of hydrogen-bond acceptors (Lipinski definition) is 5. The van der Waals surface area contributed by atoms with Crippen molar-refractivity contribution in [2.75, 3.05) is 6.61 Å². The van der Waals surface area contributed by atoms with Crippen molar-refractivity contribution in [3.63, 3.8) is 0 Å². The Morgan fingerprint density at radius 1 is 1.21 bits per heavy atom. The maximum absolute atomic E-state index is 12.6. The molecule has 1 saturated heterocycles. The van der Waals surface area contributed by atoms with Crippen LogP contribution < -0.4 is 10.5 Å². The smallest absolute Gasteiger partial charge is 0.293 e. The van der Waals surface area contributed by atoms with Crippen molar-refractivity contribution in [1.29, 1.82) is 0 Å². The van der Waals surface area contributed by atoms with Gasteiger partial charge in [-0.1, -0.05) is 29.8 Å². The second kappa shape index (κ2) is 8.97. The molecule has 9 heteroatoms. The Morgan fingerprint density at radius 3 is 2.57 bits per heavy atom. The molecule has 0 aliphatic carbocycles. The van der Waals surface area contributed by atoms with Crippen LogP contribution in [0.3, 0.4) is 0 Å². The molecule has 0 unspecified atom stereocenters. The summed E-state index contributed by atoms with van der Waals surface area (Å²) in [5.41, 5.74) is 6.55. The summed E-state index contributed by atoms with van der Waals surface area (Å²) >= 11 is 9.22. The van der Waals surface area contributed by atoms with Crippen LogP contribution in [0.4, 0.5) is 4.79 Å². The molecule has 1 fully saturated rings. The van der Waals surface area contributed by atoms with E-state index in [4.69, 9.17) is 22.1 Å². The molecule has 2 aromatic rings. The zero-order chi connectivity index (χ0) is 20.3. The third-order valence-electron chi connectivity index (χ3n) is 3.75. The number of carbonyl (C=O) groups is 3. The topological polar surface area (TPSA) is 89.7 Å². The predicted octanol–water partition coefficient (Wildman–Crippen LogP) is 4.05. The lowest BCUT2D eigenvalue weighted by Gasteiger charge is -2.12. The first-order chi connectivity index (χ1) is 13.3. The molecule has 3 amide bonds. The predicted molar refractivity (Wildman–Crippen MR) is 117 cm³/mol. The Morgan fingerprint density at radius 2 is 1.93 bits per heavy atom. The molecule has 0 radical (unpaired) electrons. The van der Waals surface area contributed by atoms with Crippen LogP contribution in [0, 0.1) is 3.57 Å². The molecule has 6 nitrogen and oxygen atoms in total. The molecular weight excluding hydrogens is 515 g/mol. The van der Waals surface area contributed by atoms with Gasteiger partial charge in [-0.2, -0.15) is 0 Å². The molecule has 0 atom stereocenters. The normalized spacial score (nSPS) is 15.4. The summed E-state index contributed by atoms with van der Waals surface area (Å²) in [4.78, 5) is 37.2. The largest absolute Gasteiger partial charge is 0.482 e. The molecular formula is C19H14ClIN2O4S. The molecule has 28 heavy (non-hydrogen) atoms. The second-order valence-corrected chi connectivity index (χ2v) is 8.49. The van der Waals surface area contributed by atoms with Gasteiger partial charge in [0.2, 0.25) is 0 Å². The Balaban J connectivity index is 1.75. The summed E-state index contributed by atoms with van der Waals surface area (Å²) in [5, 5.41) is -0.0459. The van der Waals surface area contributed by atoms with E-state index >= 15 is 0 Å². The summed E-state index contributed by atoms with van der Waals surface area (Å²) in [6, 6.07) is 12.5. The lowest BCUT2D eigenvalue weighted by Crippen LogP contribution is -2.27. The van der Waals surface area contributed by atoms with Gasteiger partial charge in [0, 0.05) is 3.57 Å². The van der Waals surface area contributed by atoms with E-state index < -0.39 is 5.91 Å². The number of primary amides is 1. The van der Waals surface area contributed by atoms with Gasteiger partial charge in [0.15, 0.2) is 6.61 Å². The SMILES string of the molecule is NC(=O)COc1ccc(/C=C2\SC(=O)N(Cc3ccc(I)cc3)C2=O)cc1Cl. The van der Waals surface area contributed by atoms with E-state index in [1.165, 1.54) is 4.90 Å². The van der Waals surface area contributed by atoms with Gasteiger partial charge in [0.05, 0.1) is 16.5 Å². The van der Waals surface area contributed by atoms with Gasteiger partial charge in [-0.05, 0) is 75.8 Å². The van der Waals surface area contributed by atoms with Crippen molar-refractivity contribution in [2.45, 2.75) is 6.54 Å². The molecule has 2 N–H and O–H groups in total. The Kier molecular flexibility index (Phi) is 6.63. The monoisotopic (exact) mass is 528 g/mol. The van der Waals surface area contributed by atoms with Crippen LogP contribution in [0.2, 0.25) is 5.02 Å². The number of thioether (sulfide) groups is 1. The molecule has 0 aromatic heterocycles. The molecule has 3 rings (SSSR count). The van der Waals surface area contributed by atoms with Gasteiger partial charge < -0.3 is 10.5 Å². The quantitative estimate of drug-likeness (QED) is 0.451. The molecule has 1 heterocycles. The molecule has 1 aliphatic rings. The van der Waals surface area contributed by atoms with Crippen LogP contribution in [0.5, 0.6) is 5.75 Å². The molecule has 144 valence electrons. The van der Waals surface area contributed by atoms with Gasteiger partial charge in [-0.25, -0.2) is 0 Å². The van der Waals surface area contributed by atoms with E-state index in [1.54, 1.807) is 24.3 Å². The fourth-order valence-electron chi connectivity index (χ4n) is 2.43. The molecule has 0 bridgehead atoms. The highest BCUT2D eigenvalue weighted by atomic mass is 127. The highest BCUT2D eigenvalue weighted by Crippen LogP contribution is 2.34. The number of amides is 3. The molecule has 0 saturated carbocycles. The maximum atomic E-state index is 12.6. The van der Waals surface area contributed by atoms with E-state index in [9.17, 15) is 14.4 Å². The fourth-order valence-corrected chi connectivity index (χ4v) is 3.87. The number of nitrogens with zero attached hydrogens (tertiary/aromatic N) is 1. The van der Waals surface area contributed by atoms with E-state index in [2.05, 4.69) is 22.6 Å². The van der Waals surface area contributed by atoms with Crippen molar-refractivity contribution >= 4 is 69.1 Å². The first kappa shape index (κ1) is 20.7. The third-order valence-corrected chi connectivity index (χ3v) is 5.67.